The molecule has 2 aromatic heterocycles. The molecule has 0 saturated heterocycles. The predicted molar refractivity (Wildman–Crippen MR) is 111 cm³/mol. The van der Waals surface area contributed by atoms with Gasteiger partial charge in [0.25, 0.3) is 5.56 Å². The molecule has 1 N–H and O–H groups in total. The zero-order chi connectivity index (χ0) is 19.0. The highest BCUT2D eigenvalue weighted by Crippen LogP contribution is 2.35. The van der Waals surface area contributed by atoms with Gasteiger partial charge in [0.1, 0.15) is 4.83 Å². The number of aryl methyl sites for hydroxylation is 2. The SMILES string of the molecule is COCc1cccc(Nc2nc3sc4c(c3c(=O)n2C(C)C)CCCC4)c1. The van der Waals surface area contributed by atoms with Crippen LogP contribution in [0.5, 0.6) is 0 Å². The number of anilines is 2. The first-order valence-corrected chi connectivity index (χ1v) is 10.3. The Morgan fingerprint density at radius 2 is 2.11 bits per heavy atom. The van der Waals surface area contributed by atoms with Crippen molar-refractivity contribution in [2.45, 2.75) is 52.2 Å². The highest BCUT2D eigenvalue weighted by atomic mass is 32.1. The quantitative estimate of drug-likeness (QED) is 0.687. The first-order chi connectivity index (χ1) is 13.1. The third kappa shape index (κ3) is 3.39. The summed E-state index contributed by atoms with van der Waals surface area (Å²) in [4.78, 5) is 20.4. The van der Waals surface area contributed by atoms with E-state index in [1.54, 1.807) is 23.0 Å². The third-order valence-electron chi connectivity index (χ3n) is 5.03. The van der Waals surface area contributed by atoms with E-state index in [0.717, 1.165) is 40.7 Å². The van der Waals surface area contributed by atoms with Crippen LogP contribution in [0.2, 0.25) is 0 Å². The van der Waals surface area contributed by atoms with Gasteiger partial charge in [0.2, 0.25) is 5.95 Å². The number of ether oxygens (including phenoxy) is 1. The first-order valence-electron chi connectivity index (χ1n) is 9.50. The summed E-state index contributed by atoms with van der Waals surface area (Å²) in [5, 5.41) is 4.20. The van der Waals surface area contributed by atoms with Gasteiger partial charge in [0.15, 0.2) is 0 Å². The van der Waals surface area contributed by atoms with Crippen molar-refractivity contribution in [3.8, 4) is 0 Å². The number of benzene rings is 1. The minimum Gasteiger partial charge on any atom is -0.380 e. The van der Waals surface area contributed by atoms with Crippen LogP contribution in [-0.4, -0.2) is 16.7 Å². The molecular formula is C21H25N3O2S. The molecular weight excluding hydrogens is 358 g/mol. The molecule has 0 saturated carbocycles. The van der Waals surface area contributed by atoms with Crippen molar-refractivity contribution in [3.63, 3.8) is 0 Å². The molecule has 0 atom stereocenters. The van der Waals surface area contributed by atoms with Gasteiger partial charge in [0, 0.05) is 23.7 Å². The van der Waals surface area contributed by atoms with E-state index >= 15 is 0 Å². The summed E-state index contributed by atoms with van der Waals surface area (Å²) in [6.07, 6.45) is 4.43. The summed E-state index contributed by atoms with van der Waals surface area (Å²) in [5.74, 6) is 0.607. The van der Waals surface area contributed by atoms with Crippen LogP contribution in [-0.2, 0) is 24.2 Å². The van der Waals surface area contributed by atoms with Gasteiger partial charge in [-0.05, 0) is 62.8 Å². The van der Waals surface area contributed by atoms with Crippen molar-refractivity contribution in [2.24, 2.45) is 0 Å². The number of hydrogen-bond donors (Lipinski definition) is 1. The van der Waals surface area contributed by atoms with E-state index < -0.39 is 0 Å². The second-order valence-electron chi connectivity index (χ2n) is 7.35. The minimum atomic E-state index is 0.0261. The summed E-state index contributed by atoms with van der Waals surface area (Å²) in [6.45, 7) is 4.61. The molecule has 1 aliphatic rings. The standard InChI is InChI=1S/C21H25N3O2S/c1-13(2)24-20(25)18-16-9-4-5-10-17(16)27-19(18)23-21(24)22-15-8-6-7-14(11-15)12-26-3/h6-8,11,13H,4-5,9-10,12H2,1-3H3,(H,22,23). The smallest absolute Gasteiger partial charge is 0.264 e. The number of fused-ring (bicyclic) bond motifs is 3. The molecule has 0 radical (unpaired) electrons. The van der Waals surface area contributed by atoms with Crippen molar-refractivity contribution in [3.05, 3.63) is 50.6 Å². The van der Waals surface area contributed by atoms with Gasteiger partial charge in [0.05, 0.1) is 12.0 Å². The lowest BCUT2D eigenvalue weighted by Crippen LogP contribution is -2.26. The van der Waals surface area contributed by atoms with E-state index in [1.807, 2.05) is 38.1 Å². The Kier molecular flexibility index (Phi) is 5.02. The second-order valence-corrected chi connectivity index (χ2v) is 8.44. The average Bonchev–Trinajstić information content (AvgIpc) is 3.00. The monoisotopic (exact) mass is 383 g/mol. The molecule has 0 bridgehead atoms. The maximum Gasteiger partial charge on any atom is 0.264 e. The van der Waals surface area contributed by atoms with Crippen LogP contribution in [0.1, 0.15) is 48.7 Å². The molecule has 3 aromatic rings. The number of rotatable bonds is 5. The zero-order valence-electron chi connectivity index (χ0n) is 16.0. The number of nitrogens with zero attached hydrogens (tertiary/aromatic N) is 2. The zero-order valence-corrected chi connectivity index (χ0v) is 16.9. The van der Waals surface area contributed by atoms with Gasteiger partial charge >= 0.3 is 0 Å². The summed E-state index contributed by atoms with van der Waals surface area (Å²) in [6, 6.07) is 8.05. The molecule has 0 aliphatic heterocycles. The van der Waals surface area contributed by atoms with E-state index in [1.165, 1.54) is 16.9 Å². The lowest BCUT2D eigenvalue weighted by Gasteiger charge is -2.17. The van der Waals surface area contributed by atoms with Crippen LogP contribution in [0, 0.1) is 0 Å². The van der Waals surface area contributed by atoms with Gasteiger partial charge < -0.3 is 10.1 Å². The molecule has 5 nitrogen and oxygen atoms in total. The van der Waals surface area contributed by atoms with E-state index in [9.17, 15) is 4.79 Å². The van der Waals surface area contributed by atoms with Crippen LogP contribution in [0.15, 0.2) is 29.1 Å². The molecule has 2 heterocycles. The van der Waals surface area contributed by atoms with Crippen molar-refractivity contribution in [1.29, 1.82) is 0 Å². The second kappa shape index (κ2) is 7.44. The average molecular weight is 384 g/mol. The van der Waals surface area contributed by atoms with E-state index in [4.69, 9.17) is 9.72 Å². The predicted octanol–water partition coefficient (Wildman–Crippen LogP) is 4.81. The normalized spacial score (nSPS) is 13.9. The van der Waals surface area contributed by atoms with Crippen molar-refractivity contribution < 1.29 is 4.74 Å². The summed E-state index contributed by atoms with van der Waals surface area (Å²) in [5.41, 5.74) is 3.30. The van der Waals surface area contributed by atoms with Crippen LogP contribution in [0.3, 0.4) is 0 Å². The Morgan fingerprint density at radius 1 is 1.30 bits per heavy atom. The topological polar surface area (TPSA) is 56.1 Å². The number of hydrogen-bond acceptors (Lipinski definition) is 5. The maximum atomic E-state index is 13.4. The van der Waals surface area contributed by atoms with E-state index in [-0.39, 0.29) is 11.6 Å². The molecule has 4 rings (SSSR count). The summed E-state index contributed by atoms with van der Waals surface area (Å²) in [7, 11) is 1.69. The third-order valence-corrected chi connectivity index (χ3v) is 6.22. The highest BCUT2D eigenvalue weighted by molar-refractivity contribution is 7.18. The van der Waals surface area contributed by atoms with Gasteiger partial charge in [-0.2, -0.15) is 0 Å². The number of aromatic nitrogens is 2. The Hall–Kier alpha value is -2.18. The van der Waals surface area contributed by atoms with Gasteiger partial charge in [-0.1, -0.05) is 12.1 Å². The van der Waals surface area contributed by atoms with Crippen LogP contribution in [0.25, 0.3) is 10.2 Å². The molecule has 6 heteroatoms. The Morgan fingerprint density at radius 3 is 2.89 bits per heavy atom. The number of thiophene rings is 1. The van der Waals surface area contributed by atoms with E-state index in [0.29, 0.717) is 12.6 Å². The van der Waals surface area contributed by atoms with Crippen molar-refractivity contribution in [2.75, 3.05) is 12.4 Å². The molecule has 142 valence electrons. The fraction of sp³-hybridized carbons (Fsp3) is 0.429. The first kappa shape index (κ1) is 18.2. The molecule has 0 spiro atoms. The lowest BCUT2D eigenvalue weighted by molar-refractivity contribution is 0.185. The van der Waals surface area contributed by atoms with Crippen molar-refractivity contribution in [1.82, 2.24) is 9.55 Å². The molecule has 1 aliphatic carbocycles. The summed E-state index contributed by atoms with van der Waals surface area (Å²) >= 11 is 1.69. The number of nitrogens with one attached hydrogen (secondary N) is 1. The maximum absolute atomic E-state index is 13.4. The van der Waals surface area contributed by atoms with Crippen molar-refractivity contribution >= 4 is 33.2 Å². The van der Waals surface area contributed by atoms with Crippen LogP contribution < -0.4 is 10.9 Å². The Bertz CT molecular complexity index is 1040. The van der Waals surface area contributed by atoms with Gasteiger partial charge in [-0.25, -0.2) is 4.98 Å². The van der Waals surface area contributed by atoms with Gasteiger partial charge in [-0.15, -0.1) is 11.3 Å². The van der Waals surface area contributed by atoms with Crippen LogP contribution in [0.4, 0.5) is 11.6 Å². The molecule has 27 heavy (non-hydrogen) atoms. The molecule has 0 unspecified atom stereocenters. The lowest BCUT2D eigenvalue weighted by atomic mass is 9.97. The molecule has 0 fully saturated rings. The minimum absolute atomic E-state index is 0.0261. The Balaban J connectivity index is 1.83. The molecule has 0 amide bonds. The highest BCUT2D eigenvalue weighted by Gasteiger charge is 2.23. The number of methoxy groups -OCH3 is 1. The van der Waals surface area contributed by atoms with Crippen LogP contribution >= 0.6 is 11.3 Å². The van der Waals surface area contributed by atoms with E-state index in [2.05, 4.69) is 5.32 Å². The molecule has 1 aromatic carbocycles. The largest absolute Gasteiger partial charge is 0.380 e. The fourth-order valence-electron chi connectivity index (χ4n) is 3.82. The van der Waals surface area contributed by atoms with Gasteiger partial charge in [-0.3, -0.25) is 9.36 Å². The fourth-order valence-corrected chi connectivity index (χ4v) is 5.07. The summed E-state index contributed by atoms with van der Waals surface area (Å²) < 4.78 is 7.01. The Labute approximate surface area is 163 Å².